The number of ether oxygens (including phenoxy) is 1. The number of anilines is 1. The van der Waals surface area contributed by atoms with Crippen LogP contribution in [0.25, 0.3) is 0 Å². The van der Waals surface area contributed by atoms with Crippen LogP contribution in [-0.2, 0) is 16.1 Å². The molecule has 0 unspecified atom stereocenters. The van der Waals surface area contributed by atoms with Crippen molar-refractivity contribution in [2.75, 3.05) is 18.5 Å². The van der Waals surface area contributed by atoms with Crippen LogP contribution in [0.4, 0.5) is 5.69 Å². The molecular weight excluding hydrogens is 316 g/mol. The number of aryl methyl sites for hydroxylation is 1. The lowest BCUT2D eigenvalue weighted by atomic mass is 10.1. The molecular formula is C20H24N2O3. The first kappa shape index (κ1) is 18.5. The standard InChI is InChI=1S/C20H24N2O3/c1-4-25-19-11-9-18(10-12-19)21-20(24)14-22(16(3)23)13-17-8-6-5-7-15(17)2/h5-12H,4,13-14H2,1-3H3,(H,21,24). The monoisotopic (exact) mass is 340 g/mol. The second-order valence-electron chi connectivity index (χ2n) is 5.81. The molecule has 0 aliphatic rings. The molecule has 25 heavy (non-hydrogen) atoms. The summed E-state index contributed by atoms with van der Waals surface area (Å²) in [7, 11) is 0. The Morgan fingerprint density at radius 3 is 2.36 bits per heavy atom. The summed E-state index contributed by atoms with van der Waals surface area (Å²) in [6, 6.07) is 15.0. The van der Waals surface area contributed by atoms with E-state index in [0.717, 1.165) is 16.9 Å². The van der Waals surface area contributed by atoms with Gasteiger partial charge < -0.3 is 15.0 Å². The van der Waals surface area contributed by atoms with Gasteiger partial charge in [-0.3, -0.25) is 9.59 Å². The number of amides is 2. The Morgan fingerprint density at radius 1 is 1.08 bits per heavy atom. The maximum absolute atomic E-state index is 12.3. The zero-order valence-electron chi connectivity index (χ0n) is 14.9. The van der Waals surface area contributed by atoms with Gasteiger partial charge in [0.1, 0.15) is 12.3 Å². The number of benzene rings is 2. The van der Waals surface area contributed by atoms with Crippen molar-refractivity contribution < 1.29 is 14.3 Å². The fraction of sp³-hybridized carbons (Fsp3) is 0.300. The first-order valence-electron chi connectivity index (χ1n) is 8.32. The number of carbonyl (C=O) groups excluding carboxylic acids is 2. The first-order valence-corrected chi connectivity index (χ1v) is 8.32. The molecule has 0 saturated heterocycles. The van der Waals surface area contributed by atoms with Crippen LogP contribution in [0.15, 0.2) is 48.5 Å². The Kier molecular flexibility index (Phi) is 6.57. The van der Waals surface area contributed by atoms with Gasteiger partial charge in [-0.1, -0.05) is 24.3 Å². The predicted molar refractivity (Wildman–Crippen MR) is 98.5 cm³/mol. The molecule has 0 radical (unpaired) electrons. The average Bonchev–Trinajstić information content (AvgIpc) is 2.58. The van der Waals surface area contributed by atoms with Crippen LogP contribution in [0.3, 0.4) is 0 Å². The Morgan fingerprint density at radius 2 is 1.76 bits per heavy atom. The average molecular weight is 340 g/mol. The molecule has 0 heterocycles. The van der Waals surface area contributed by atoms with Crippen LogP contribution in [-0.4, -0.2) is 29.9 Å². The van der Waals surface area contributed by atoms with Gasteiger partial charge in [0, 0.05) is 19.2 Å². The highest BCUT2D eigenvalue weighted by Gasteiger charge is 2.15. The zero-order valence-corrected chi connectivity index (χ0v) is 14.9. The van der Waals surface area contributed by atoms with Crippen molar-refractivity contribution >= 4 is 17.5 Å². The lowest BCUT2D eigenvalue weighted by Crippen LogP contribution is -2.36. The van der Waals surface area contributed by atoms with Crippen molar-refractivity contribution in [3.05, 3.63) is 59.7 Å². The van der Waals surface area contributed by atoms with Crippen molar-refractivity contribution in [2.24, 2.45) is 0 Å². The van der Waals surface area contributed by atoms with Gasteiger partial charge in [-0.05, 0) is 49.2 Å². The van der Waals surface area contributed by atoms with Gasteiger partial charge in [-0.2, -0.15) is 0 Å². The fourth-order valence-corrected chi connectivity index (χ4v) is 2.45. The molecule has 0 aliphatic carbocycles. The van der Waals surface area contributed by atoms with Crippen LogP contribution in [0.1, 0.15) is 25.0 Å². The van der Waals surface area contributed by atoms with Crippen molar-refractivity contribution in [2.45, 2.75) is 27.3 Å². The minimum absolute atomic E-state index is 0.0108. The Balaban J connectivity index is 1.98. The Hall–Kier alpha value is -2.82. The minimum atomic E-state index is -0.229. The summed E-state index contributed by atoms with van der Waals surface area (Å²) in [5.74, 6) is 0.392. The van der Waals surface area contributed by atoms with Crippen molar-refractivity contribution in [3.8, 4) is 5.75 Å². The second-order valence-corrected chi connectivity index (χ2v) is 5.81. The highest BCUT2D eigenvalue weighted by atomic mass is 16.5. The fourth-order valence-electron chi connectivity index (χ4n) is 2.45. The van der Waals surface area contributed by atoms with E-state index >= 15 is 0 Å². The van der Waals surface area contributed by atoms with Crippen LogP contribution in [0.5, 0.6) is 5.75 Å². The SMILES string of the molecule is CCOc1ccc(NC(=O)CN(Cc2ccccc2C)C(C)=O)cc1. The van der Waals surface area contributed by atoms with Crippen LogP contribution in [0.2, 0.25) is 0 Å². The normalized spacial score (nSPS) is 10.2. The molecule has 5 nitrogen and oxygen atoms in total. The maximum atomic E-state index is 12.3. The van der Waals surface area contributed by atoms with E-state index < -0.39 is 0 Å². The number of nitrogens with zero attached hydrogens (tertiary/aromatic N) is 1. The summed E-state index contributed by atoms with van der Waals surface area (Å²) in [5.41, 5.74) is 2.81. The van der Waals surface area contributed by atoms with E-state index in [9.17, 15) is 9.59 Å². The number of hydrogen-bond donors (Lipinski definition) is 1. The second kappa shape index (κ2) is 8.87. The van der Waals surface area contributed by atoms with Gasteiger partial charge in [0.2, 0.25) is 11.8 Å². The quantitative estimate of drug-likeness (QED) is 0.840. The molecule has 0 aromatic heterocycles. The molecule has 0 aliphatic heterocycles. The summed E-state index contributed by atoms with van der Waals surface area (Å²) >= 11 is 0. The molecule has 132 valence electrons. The van der Waals surface area contributed by atoms with E-state index in [-0.39, 0.29) is 18.4 Å². The van der Waals surface area contributed by atoms with E-state index in [4.69, 9.17) is 4.74 Å². The van der Waals surface area contributed by atoms with Crippen molar-refractivity contribution in [3.63, 3.8) is 0 Å². The van der Waals surface area contributed by atoms with Gasteiger partial charge in [0.25, 0.3) is 0 Å². The van der Waals surface area contributed by atoms with Crippen LogP contribution in [0, 0.1) is 6.92 Å². The summed E-state index contributed by atoms with van der Waals surface area (Å²) in [4.78, 5) is 25.7. The molecule has 5 heteroatoms. The largest absolute Gasteiger partial charge is 0.494 e. The lowest BCUT2D eigenvalue weighted by molar-refractivity contribution is -0.133. The van der Waals surface area contributed by atoms with E-state index in [2.05, 4.69) is 5.32 Å². The molecule has 0 atom stereocenters. The van der Waals surface area contributed by atoms with Gasteiger partial charge >= 0.3 is 0 Å². The molecule has 1 N–H and O–H groups in total. The van der Waals surface area contributed by atoms with Gasteiger partial charge in [0.15, 0.2) is 0 Å². The molecule has 2 aromatic carbocycles. The molecule has 0 saturated carbocycles. The Labute approximate surface area is 148 Å². The lowest BCUT2D eigenvalue weighted by Gasteiger charge is -2.21. The van der Waals surface area contributed by atoms with Crippen molar-refractivity contribution in [1.82, 2.24) is 4.90 Å². The smallest absolute Gasteiger partial charge is 0.244 e. The highest BCUT2D eigenvalue weighted by molar-refractivity contribution is 5.94. The minimum Gasteiger partial charge on any atom is -0.494 e. The van der Waals surface area contributed by atoms with Crippen LogP contribution < -0.4 is 10.1 Å². The highest BCUT2D eigenvalue weighted by Crippen LogP contribution is 2.16. The molecule has 0 bridgehead atoms. The summed E-state index contributed by atoms with van der Waals surface area (Å²) < 4.78 is 5.37. The number of hydrogen-bond acceptors (Lipinski definition) is 3. The van der Waals surface area contributed by atoms with E-state index in [1.165, 1.54) is 11.8 Å². The molecule has 2 rings (SSSR count). The predicted octanol–water partition coefficient (Wildman–Crippen LogP) is 3.38. The Bertz CT molecular complexity index is 726. The summed E-state index contributed by atoms with van der Waals surface area (Å²) in [5, 5.41) is 2.81. The van der Waals surface area contributed by atoms with Crippen molar-refractivity contribution in [1.29, 1.82) is 0 Å². The van der Waals surface area contributed by atoms with E-state index in [1.54, 1.807) is 24.3 Å². The number of nitrogens with one attached hydrogen (secondary N) is 1. The van der Waals surface area contributed by atoms with E-state index in [1.807, 2.05) is 38.1 Å². The molecule has 2 aromatic rings. The van der Waals surface area contributed by atoms with Gasteiger partial charge in [0.05, 0.1) is 6.61 Å². The van der Waals surface area contributed by atoms with Gasteiger partial charge in [-0.15, -0.1) is 0 Å². The topological polar surface area (TPSA) is 58.6 Å². The summed E-state index contributed by atoms with van der Waals surface area (Å²) in [6.07, 6.45) is 0. The van der Waals surface area contributed by atoms with E-state index in [0.29, 0.717) is 18.8 Å². The number of rotatable bonds is 7. The third-order valence-electron chi connectivity index (χ3n) is 3.85. The zero-order chi connectivity index (χ0) is 18.2. The molecule has 0 spiro atoms. The summed E-state index contributed by atoms with van der Waals surface area (Å²) in [6.45, 7) is 6.41. The molecule has 2 amide bonds. The van der Waals surface area contributed by atoms with Gasteiger partial charge in [-0.25, -0.2) is 0 Å². The third kappa shape index (κ3) is 5.64. The maximum Gasteiger partial charge on any atom is 0.244 e. The number of carbonyl (C=O) groups is 2. The third-order valence-corrected chi connectivity index (χ3v) is 3.85. The molecule has 0 fully saturated rings. The van der Waals surface area contributed by atoms with Crippen LogP contribution >= 0.6 is 0 Å². The first-order chi connectivity index (χ1) is 12.0.